The molecule has 9 nitrogen and oxygen atoms in total. The maximum absolute atomic E-state index is 14.4. The Morgan fingerprint density at radius 3 is 2.20 bits per heavy atom. The second-order valence-corrected chi connectivity index (χ2v) is 16.3. The standard InChI is InChI=1S/C49H45N3O6S2/c1-3-57-38-26-23-32(24-27-38)29-41(51-45(53)35-19-12-7-13-20-35)46(54)50-37-21-14-22-39(31-37)59-44(34-17-10-6-11-18-34)47(55)52-48-43(49(56)58-4-2)40-28-25-36(30-42(40)60-48)33-15-8-5-9-16-33/h5-24,26-27,29,31,36,44H,3-4,25,28,30H2,1-2H3,(H,50,54)(H,51,53)(H,52,55)/b41-29+. The summed E-state index contributed by atoms with van der Waals surface area (Å²) < 4.78 is 11.1. The number of hydrogen-bond donors (Lipinski definition) is 3. The van der Waals surface area contributed by atoms with Gasteiger partial charge in [0.25, 0.3) is 11.8 Å². The van der Waals surface area contributed by atoms with Gasteiger partial charge in [-0.15, -0.1) is 23.1 Å². The van der Waals surface area contributed by atoms with Crippen molar-refractivity contribution in [3.05, 3.63) is 183 Å². The van der Waals surface area contributed by atoms with Crippen LogP contribution in [0.15, 0.2) is 150 Å². The molecule has 0 radical (unpaired) electrons. The van der Waals surface area contributed by atoms with Crippen molar-refractivity contribution in [1.29, 1.82) is 0 Å². The van der Waals surface area contributed by atoms with Crippen molar-refractivity contribution in [1.82, 2.24) is 5.32 Å². The molecule has 0 saturated carbocycles. The molecule has 6 aromatic rings. The molecule has 0 spiro atoms. The fourth-order valence-corrected chi connectivity index (χ4v) is 9.50. The average molecular weight is 836 g/mol. The summed E-state index contributed by atoms with van der Waals surface area (Å²) in [6.07, 6.45) is 3.97. The second-order valence-electron chi connectivity index (χ2n) is 14.0. The van der Waals surface area contributed by atoms with Gasteiger partial charge < -0.3 is 25.4 Å². The van der Waals surface area contributed by atoms with Crippen molar-refractivity contribution in [2.75, 3.05) is 23.8 Å². The maximum atomic E-state index is 14.4. The highest BCUT2D eigenvalue weighted by atomic mass is 32.2. The average Bonchev–Trinajstić information content (AvgIpc) is 3.64. The van der Waals surface area contributed by atoms with Gasteiger partial charge in [-0.3, -0.25) is 14.4 Å². The predicted octanol–water partition coefficient (Wildman–Crippen LogP) is 10.5. The van der Waals surface area contributed by atoms with Crippen molar-refractivity contribution >= 4 is 63.6 Å². The van der Waals surface area contributed by atoms with Crippen molar-refractivity contribution in [2.24, 2.45) is 0 Å². The Kier molecular flexibility index (Phi) is 13.9. The number of thioether (sulfide) groups is 1. The molecule has 60 heavy (non-hydrogen) atoms. The normalized spacial score (nSPS) is 14.0. The third-order valence-electron chi connectivity index (χ3n) is 9.97. The predicted molar refractivity (Wildman–Crippen MR) is 240 cm³/mol. The Morgan fingerprint density at radius 2 is 1.50 bits per heavy atom. The smallest absolute Gasteiger partial charge is 0.341 e. The van der Waals surface area contributed by atoms with Crippen LogP contribution in [0.25, 0.3) is 6.08 Å². The van der Waals surface area contributed by atoms with Crippen molar-refractivity contribution in [3.63, 3.8) is 0 Å². The first-order chi connectivity index (χ1) is 29.3. The fraction of sp³-hybridized carbons (Fsp3) is 0.184. The van der Waals surface area contributed by atoms with Crippen LogP contribution in [0.2, 0.25) is 0 Å². The van der Waals surface area contributed by atoms with Gasteiger partial charge in [-0.2, -0.15) is 0 Å². The Labute approximate surface area is 358 Å². The van der Waals surface area contributed by atoms with Crippen LogP contribution in [0.3, 0.4) is 0 Å². The number of carbonyl (C=O) groups is 4. The molecule has 1 heterocycles. The Bertz CT molecular complexity index is 2470. The monoisotopic (exact) mass is 835 g/mol. The van der Waals surface area contributed by atoms with Crippen LogP contribution in [0.1, 0.15) is 79.3 Å². The van der Waals surface area contributed by atoms with Crippen LogP contribution in [-0.2, 0) is 27.2 Å². The number of anilines is 2. The number of hydrogen-bond acceptors (Lipinski definition) is 8. The van der Waals surface area contributed by atoms with Crippen LogP contribution in [0.5, 0.6) is 5.75 Å². The molecule has 0 aliphatic heterocycles. The van der Waals surface area contributed by atoms with Gasteiger partial charge in [0, 0.05) is 21.0 Å². The van der Waals surface area contributed by atoms with Crippen LogP contribution in [0, 0.1) is 0 Å². The number of ether oxygens (including phenoxy) is 2. The van der Waals surface area contributed by atoms with Gasteiger partial charge in [-0.25, -0.2) is 4.79 Å². The summed E-state index contributed by atoms with van der Waals surface area (Å²) in [7, 11) is 0. The minimum absolute atomic E-state index is 0.0405. The number of nitrogens with one attached hydrogen (secondary N) is 3. The zero-order chi connectivity index (χ0) is 41.8. The lowest BCUT2D eigenvalue weighted by Crippen LogP contribution is -2.30. The SMILES string of the molecule is CCOC(=O)c1c(NC(=O)C(Sc2cccc(NC(=O)/C(=C\c3ccc(OCC)cc3)NC(=O)c3ccccc3)c2)c2ccccc2)sc2c1CCC(c1ccccc1)C2. The lowest BCUT2D eigenvalue weighted by Gasteiger charge is -2.23. The number of thiophene rings is 1. The third-order valence-corrected chi connectivity index (χ3v) is 12.4. The van der Waals surface area contributed by atoms with E-state index in [0.29, 0.717) is 57.0 Å². The number of benzene rings is 5. The first-order valence-electron chi connectivity index (χ1n) is 19.9. The van der Waals surface area contributed by atoms with Crippen LogP contribution >= 0.6 is 23.1 Å². The molecule has 5 aromatic carbocycles. The number of carbonyl (C=O) groups excluding carboxylic acids is 4. The summed E-state index contributed by atoms with van der Waals surface area (Å²) in [5.41, 5.74) is 5.01. The molecular weight excluding hydrogens is 791 g/mol. The van der Waals surface area contributed by atoms with Crippen molar-refractivity contribution in [3.8, 4) is 5.75 Å². The molecule has 11 heteroatoms. The van der Waals surface area contributed by atoms with Gasteiger partial charge in [0.1, 0.15) is 21.7 Å². The molecule has 0 saturated heterocycles. The minimum Gasteiger partial charge on any atom is -0.494 e. The summed E-state index contributed by atoms with van der Waals surface area (Å²) in [5, 5.41) is 8.63. The first kappa shape index (κ1) is 41.7. The number of fused-ring (bicyclic) bond motifs is 1. The minimum atomic E-state index is -0.719. The quantitative estimate of drug-likeness (QED) is 0.0535. The molecule has 1 aliphatic rings. The van der Waals surface area contributed by atoms with Gasteiger partial charge >= 0.3 is 5.97 Å². The first-order valence-corrected chi connectivity index (χ1v) is 21.6. The summed E-state index contributed by atoms with van der Waals surface area (Å²) in [5.74, 6) is -0.694. The van der Waals surface area contributed by atoms with Gasteiger partial charge in [0.15, 0.2) is 0 Å². The highest BCUT2D eigenvalue weighted by molar-refractivity contribution is 8.00. The molecule has 2 unspecified atom stereocenters. The summed E-state index contributed by atoms with van der Waals surface area (Å²) >= 11 is 2.77. The van der Waals surface area contributed by atoms with Gasteiger partial charge in [-0.05, 0) is 110 Å². The zero-order valence-electron chi connectivity index (χ0n) is 33.3. The maximum Gasteiger partial charge on any atom is 0.341 e. The number of esters is 1. The van der Waals surface area contributed by atoms with E-state index in [0.717, 1.165) is 28.8 Å². The lowest BCUT2D eigenvalue weighted by molar-refractivity contribution is -0.116. The molecule has 1 aromatic heterocycles. The van der Waals surface area contributed by atoms with E-state index in [4.69, 9.17) is 9.47 Å². The molecule has 304 valence electrons. The van der Waals surface area contributed by atoms with E-state index >= 15 is 0 Å². The number of rotatable bonds is 15. The molecule has 0 bridgehead atoms. The van der Waals surface area contributed by atoms with Crippen LogP contribution in [-0.4, -0.2) is 36.9 Å². The molecule has 3 amide bonds. The molecule has 1 aliphatic carbocycles. The summed E-state index contributed by atoms with van der Waals surface area (Å²) in [6, 6.07) is 42.9. The van der Waals surface area contributed by atoms with E-state index < -0.39 is 23.0 Å². The Morgan fingerprint density at radius 1 is 0.800 bits per heavy atom. The molecule has 7 rings (SSSR count). The topological polar surface area (TPSA) is 123 Å². The van der Waals surface area contributed by atoms with Crippen LogP contribution < -0.4 is 20.7 Å². The largest absolute Gasteiger partial charge is 0.494 e. The van der Waals surface area contributed by atoms with Gasteiger partial charge in [0.05, 0.1) is 18.8 Å². The van der Waals surface area contributed by atoms with E-state index in [2.05, 4.69) is 28.1 Å². The van der Waals surface area contributed by atoms with Crippen LogP contribution in [0.4, 0.5) is 10.7 Å². The summed E-state index contributed by atoms with van der Waals surface area (Å²) in [4.78, 5) is 56.9. The van der Waals surface area contributed by atoms with Crippen molar-refractivity contribution in [2.45, 2.75) is 49.2 Å². The van der Waals surface area contributed by atoms with E-state index in [1.807, 2.05) is 79.7 Å². The fourth-order valence-electron chi connectivity index (χ4n) is 7.10. The Balaban J connectivity index is 1.13. The highest BCUT2D eigenvalue weighted by Gasteiger charge is 2.32. The van der Waals surface area contributed by atoms with Crippen molar-refractivity contribution < 1.29 is 28.7 Å². The highest BCUT2D eigenvalue weighted by Crippen LogP contribution is 2.44. The molecule has 3 N–H and O–H groups in total. The molecular formula is C49H45N3O6S2. The zero-order valence-corrected chi connectivity index (χ0v) is 34.9. The molecule has 0 fully saturated rings. The third kappa shape index (κ3) is 10.4. The van der Waals surface area contributed by atoms with E-state index in [-0.39, 0.29) is 18.2 Å². The number of amides is 3. The molecule has 2 atom stereocenters. The second kappa shape index (κ2) is 20.0. The van der Waals surface area contributed by atoms with E-state index in [9.17, 15) is 19.2 Å². The lowest BCUT2D eigenvalue weighted by atomic mass is 9.83. The van der Waals surface area contributed by atoms with E-state index in [1.165, 1.54) is 28.7 Å². The van der Waals surface area contributed by atoms with Gasteiger partial charge in [0.2, 0.25) is 5.91 Å². The summed E-state index contributed by atoms with van der Waals surface area (Å²) in [6.45, 7) is 4.42. The van der Waals surface area contributed by atoms with Gasteiger partial charge in [-0.1, -0.05) is 97.1 Å². The Hall–Kier alpha value is -6.43. The van der Waals surface area contributed by atoms with E-state index in [1.54, 1.807) is 67.6 Å².